The number of nitriles is 1. The van der Waals surface area contributed by atoms with Crippen LogP contribution in [0.1, 0.15) is 41.6 Å². The summed E-state index contributed by atoms with van der Waals surface area (Å²) < 4.78 is 53.4. The number of likely N-dealkylation sites (tertiary alicyclic amines) is 1. The lowest BCUT2D eigenvalue weighted by atomic mass is 10.0. The summed E-state index contributed by atoms with van der Waals surface area (Å²) >= 11 is 0. The Morgan fingerprint density at radius 3 is 2.64 bits per heavy atom. The second-order valence-corrected chi connectivity index (χ2v) is 12.1. The van der Waals surface area contributed by atoms with Gasteiger partial charge < -0.3 is 29.1 Å². The first kappa shape index (κ1) is 32.3. The van der Waals surface area contributed by atoms with Crippen LogP contribution in [0.4, 0.5) is 29.5 Å². The molecule has 1 amide bonds. The number of carbonyl (C=O) groups is 1. The molecule has 0 spiro atoms. The minimum absolute atomic E-state index is 0.0464. The van der Waals surface area contributed by atoms with Gasteiger partial charge >= 0.3 is 18.3 Å². The van der Waals surface area contributed by atoms with Crippen molar-refractivity contribution in [1.82, 2.24) is 24.8 Å². The van der Waals surface area contributed by atoms with Crippen molar-refractivity contribution >= 4 is 17.6 Å². The first-order valence-electron chi connectivity index (χ1n) is 15.8. The molecule has 0 N–H and O–H groups in total. The minimum atomic E-state index is -4.56. The van der Waals surface area contributed by atoms with Gasteiger partial charge in [-0.05, 0) is 44.5 Å². The maximum Gasteiger partial charge on any atom is 0.419 e. The van der Waals surface area contributed by atoms with Crippen molar-refractivity contribution in [3.8, 4) is 12.1 Å². The van der Waals surface area contributed by atoms with E-state index in [4.69, 9.17) is 19.4 Å². The van der Waals surface area contributed by atoms with Crippen molar-refractivity contribution in [1.29, 1.82) is 5.26 Å². The molecule has 0 bridgehead atoms. The zero-order valence-electron chi connectivity index (χ0n) is 26.2. The normalized spacial score (nSPS) is 20.1. The highest BCUT2D eigenvalue weighted by molar-refractivity contribution is 5.69. The Kier molecular flexibility index (Phi) is 9.63. The first-order chi connectivity index (χ1) is 22.7. The van der Waals surface area contributed by atoms with Crippen LogP contribution in [0, 0.1) is 11.3 Å². The molecule has 2 aromatic heterocycles. The zero-order chi connectivity index (χ0) is 33.0. The van der Waals surface area contributed by atoms with Crippen molar-refractivity contribution in [2.24, 2.45) is 0 Å². The van der Waals surface area contributed by atoms with Crippen molar-refractivity contribution in [2.75, 3.05) is 56.2 Å². The van der Waals surface area contributed by atoms with Crippen LogP contribution in [0.2, 0.25) is 0 Å². The lowest BCUT2D eigenvalue weighted by Crippen LogP contribution is -2.55. The third-order valence-electron chi connectivity index (χ3n) is 9.09. The average molecular weight is 651 g/mol. The third kappa shape index (κ3) is 7.35. The maximum absolute atomic E-state index is 13.9. The number of likely N-dealkylation sites (N-methyl/N-ethyl adjacent to an activating group) is 1. The largest absolute Gasteiger partial charge is 0.462 e. The number of alkyl halides is 3. The monoisotopic (exact) mass is 650 g/mol. The number of anilines is 2. The molecule has 2 saturated heterocycles. The number of rotatable bonds is 8. The fourth-order valence-corrected chi connectivity index (χ4v) is 6.53. The number of halogens is 3. The molecule has 3 aromatic rings. The molecule has 2 fully saturated rings. The highest BCUT2D eigenvalue weighted by atomic mass is 19.4. The number of hydrogen-bond acceptors (Lipinski definition) is 10. The van der Waals surface area contributed by atoms with Gasteiger partial charge in [-0.15, -0.1) is 0 Å². The van der Waals surface area contributed by atoms with Crippen LogP contribution >= 0.6 is 0 Å². The van der Waals surface area contributed by atoms with E-state index in [-0.39, 0.29) is 37.3 Å². The van der Waals surface area contributed by atoms with Crippen molar-refractivity contribution in [2.45, 2.75) is 57.1 Å². The van der Waals surface area contributed by atoms with Gasteiger partial charge in [0.15, 0.2) is 0 Å². The third-order valence-corrected chi connectivity index (χ3v) is 9.09. The van der Waals surface area contributed by atoms with Crippen molar-refractivity contribution in [3.63, 3.8) is 0 Å². The number of amides is 1. The summed E-state index contributed by atoms with van der Waals surface area (Å²) in [6.07, 6.45) is -0.281. The van der Waals surface area contributed by atoms with Crippen molar-refractivity contribution in [3.05, 3.63) is 71.2 Å². The molecule has 2 atom stereocenters. The lowest BCUT2D eigenvalue weighted by Gasteiger charge is -2.42. The average Bonchev–Trinajstić information content (AvgIpc) is 3.50. The van der Waals surface area contributed by atoms with E-state index in [1.54, 1.807) is 9.80 Å². The number of hydrogen-bond donors (Lipinski definition) is 0. The smallest absolute Gasteiger partial charge is 0.419 e. The molecule has 3 aliphatic rings. The molecular weight excluding hydrogens is 613 g/mol. The molecule has 0 radical (unpaired) electrons. The highest BCUT2D eigenvalue weighted by Crippen LogP contribution is 2.39. The Morgan fingerprint density at radius 1 is 1.06 bits per heavy atom. The van der Waals surface area contributed by atoms with Gasteiger partial charge in [0.25, 0.3) is 0 Å². The van der Waals surface area contributed by atoms with E-state index in [1.807, 2.05) is 42.3 Å². The molecule has 6 rings (SSSR count). The number of nitrogens with zero attached hydrogens (tertiary/aromatic N) is 8. The van der Waals surface area contributed by atoms with E-state index in [0.29, 0.717) is 50.7 Å². The Labute approximate surface area is 271 Å². The summed E-state index contributed by atoms with van der Waals surface area (Å²) in [4.78, 5) is 33.9. The number of pyridine rings is 1. The van der Waals surface area contributed by atoms with E-state index in [9.17, 15) is 23.2 Å². The molecule has 248 valence electrons. The Bertz CT molecular complexity index is 1600. The number of aromatic nitrogens is 3. The van der Waals surface area contributed by atoms with Gasteiger partial charge in [0.05, 0.1) is 42.0 Å². The predicted octanol–water partition coefficient (Wildman–Crippen LogP) is 4.67. The number of ether oxygens (including phenoxy) is 2. The molecule has 0 saturated carbocycles. The van der Waals surface area contributed by atoms with Gasteiger partial charge in [0.2, 0.25) is 0 Å². The van der Waals surface area contributed by atoms with Gasteiger partial charge in [-0.3, -0.25) is 4.98 Å². The molecule has 5 heterocycles. The van der Waals surface area contributed by atoms with Crippen LogP contribution in [0.3, 0.4) is 0 Å². The summed E-state index contributed by atoms with van der Waals surface area (Å²) in [5, 5.41) is 9.64. The molecule has 1 unspecified atom stereocenters. The fraction of sp³-hybridized carbons (Fsp3) is 0.485. The lowest BCUT2D eigenvalue weighted by molar-refractivity contribution is -0.137. The standard InChI is InChI=1S/C33H37F3N8O3/c1-41-14-5-8-25(41)22-46-31-39-28-20-42(29-10-13-38-18-27(29)33(34,35)36)15-11-26(28)30(40-31)43-16-17-44(24(19-43)9-12-37)32(45)47-21-23-6-3-2-4-7-23/h2-4,6-7,10,13,18,24-25H,5,8-9,11,14-17,19-22H2,1H3/t24?,25-/m0/s1. The van der Waals surface area contributed by atoms with Gasteiger partial charge in [-0.1, -0.05) is 30.3 Å². The molecule has 1 aromatic carbocycles. The van der Waals surface area contributed by atoms with Crippen LogP contribution in [0.25, 0.3) is 0 Å². The number of fused-ring (bicyclic) bond motifs is 1. The Hall–Kier alpha value is -4.64. The summed E-state index contributed by atoms with van der Waals surface area (Å²) in [5.74, 6) is 0.621. The van der Waals surface area contributed by atoms with Crippen LogP contribution in [-0.4, -0.2) is 89.3 Å². The number of piperazine rings is 1. The highest BCUT2D eigenvalue weighted by Gasteiger charge is 2.38. The first-order valence-corrected chi connectivity index (χ1v) is 15.8. The summed E-state index contributed by atoms with van der Waals surface area (Å²) in [6, 6.07) is 12.9. The number of carbonyl (C=O) groups excluding carboxylic acids is 1. The Balaban J connectivity index is 1.26. The summed E-state index contributed by atoms with van der Waals surface area (Å²) in [6.45, 7) is 2.99. The second-order valence-electron chi connectivity index (χ2n) is 12.1. The summed E-state index contributed by atoms with van der Waals surface area (Å²) in [7, 11) is 2.05. The van der Waals surface area contributed by atoms with E-state index < -0.39 is 23.9 Å². The fourth-order valence-electron chi connectivity index (χ4n) is 6.53. The second kappa shape index (κ2) is 14.0. The van der Waals surface area contributed by atoms with E-state index in [0.717, 1.165) is 36.7 Å². The summed E-state index contributed by atoms with van der Waals surface area (Å²) in [5.41, 5.74) is 1.52. The Morgan fingerprint density at radius 2 is 1.89 bits per heavy atom. The van der Waals surface area contributed by atoms with Gasteiger partial charge in [0.1, 0.15) is 19.0 Å². The van der Waals surface area contributed by atoms with Gasteiger partial charge in [-0.25, -0.2) is 4.79 Å². The molecule has 0 aliphatic carbocycles. The molecule has 3 aliphatic heterocycles. The van der Waals surface area contributed by atoms with Crippen LogP contribution in [-0.2, 0) is 30.5 Å². The topological polar surface area (TPSA) is 111 Å². The van der Waals surface area contributed by atoms with Gasteiger partial charge in [-0.2, -0.15) is 28.4 Å². The van der Waals surface area contributed by atoms with E-state index in [1.165, 1.54) is 12.3 Å². The molecule has 47 heavy (non-hydrogen) atoms. The van der Waals surface area contributed by atoms with Crippen LogP contribution in [0.15, 0.2) is 48.8 Å². The van der Waals surface area contributed by atoms with Crippen molar-refractivity contribution < 1.29 is 27.4 Å². The number of benzene rings is 1. The van der Waals surface area contributed by atoms with Gasteiger partial charge in [0, 0.05) is 50.2 Å². The minimum Gasteiger partial charge on any atom is -0.462 e. The van der Waals surface area contributed by atoms with E-state index in [2.05, 4.69) is 16.0 Å². The van der Waals surface area contributed by atoms with Crippen LogP contribution in [0.5, 0.6) is 6.01 Å². The van der Waals surface area contributed by atoms with E-state index >= 15 is 0 Å². The van der Waals surface area contributed by atoms with Crippen LogP contribution < -0.4 is 14.5 Å². The predicted molar refractivity (Wildman–Crippen MR) is 167 cm³/mol. The molecular formula is C33H37F3N8O3. The zero-order valence-corrected chi connectivity index (χ0v) is 26.2. The maximum atomic E-state index is 13.9. The SMILES string of the molecule is CN1CCC[C@H]1COc1nc2c(c(N3CCN(C(=O)OCc4ccccc4)C(CC#N)C3)n1)CCN(c1ccncc1C(F)(F)F)C2. The molecule has 11 nitrogen and oxygen atoms in total. The quantitative estimate of drug-likeness (QED) is 0.341. The molecule has 14 heteroatoms.